The first-order chi connectivity index (χ1) is 10.1. The highest BCUT2D eigenvalue weighted by Gasteiger charge is 2.18. The van der Waals surface area contributed by atoms with Gasteiger partial charge in [-0.3, -0.25) is 4.90 Å². The van der Waals surface area contributed by atoms with E-state index >= 15 is 0 Å². The van der Waals surface area contributed by atoms with Gasteiger partial charge in [-0.2, -0.15) is 0 Å². The summed E-state index contributed by atoms with van der Waals surface area (Å²) in [6.45, 7) is 5.67. The molecular formula is C18H22ClNO. The fourth-order valence-electron chi connectivity index (χ4n) is 2.34. The van der Waals surface area contributed by atoms with Crippen molar-refractivity contribution in [1.82, 2.24) is 4.90 Å². The minimum atomic E-state index is -0.579. The predicted molar refractivity (Wildman–Crippen MR) is 88.4 cm³/mol. The van der Waals surface area contributed by atoms with Crippen molar-refractivity contribution in [3.8, 4) is 0 Å². The zero-order valence-electron chi connectivity index (χ0n) is 12.5. The molecule has 0 spiro atoms. The van der Waals surface area contributed by atoms with Crippen molar-refractivity contribution in [2.75, 3.05) is 6.54 Å². The van der Waals surface area contributed by atoms with Crippen LogP contribution in [0.15, 0.2) is 54.6 Å². The molecule has 3 heteroatoms. The van der Waals surface area contributed by atoms with Gasteiger partial charge in [-0.15, -0.1) is 0 Å². The van der Waals surface area contributed by atoms with Crippen LogP contribution in [-0.2, 0) is 6.54 Å². The molecule has 112 valence electrons. The summed E-state index contributed by atoms with van der Waals surface area (Å²) in [5.74, 6) is 0. The Kier molecular flexibility index (Phi) is 5.80. The molecule has 0 radical (unpaired) electrons. The maximum absolute atomic E-state index is 10.5. The quantitative estimate of drug-likeness (QED) is 0.861. The molecule has 0 unspecified atom stereocenters. The van der Waals surface area contributed by atoms with E-state index in [-0.39, 0.29) is 0 Å². The van der Waals surface area contributed by atoms with Crippen LogP contribution in [0.5, 0.6) is 0 Å². The Labute approximate surface area is 132 Å². The van der Waals surface area contributed by atoms with Crippen molar-refractivity contribution in [2.45, 2.75) is 32.5 Å². The standard InChI is InChI=1S/C18H22ClNO/c1-14(2)20(12-15-8-4-3-5-9-15)13-18(21)16-10-6-7-11-17(16)19/h3-11,14,18,21H,12-13H2,1-2H3/t18-/m0/s1. The van der Waals surface area contributed by atoms with E-state index in [9.17, 15) is 5.11 Å². The Bertz CT molecular complexity index is 556. The number of halogens is 1. The van der Waals surface area contributed by atoms with Gasteiger partial charge in [-0.25, -0.2) is 0 Å². The predicted octanol–water partition coefficient (Wildman–Crippen LogP) is 4.28. The monoisotopic (exact) mass is 303 g/mol. The lowest BCUT2D eigenvalue weighted by Crippen LogP contribution is -2.34. The van der Waals surface area contributed by atoms with E-state index in [0.717, 1.165) is 12.1 Å². The van der Waals surface area contributed by atoms with Gasteiger partial charge in [0, 0.05) is 29.7 Å². The molecule has 2 aromatic carbocycles. The van der Waals surface area contributed by atoms with Crippen LogP contribution >= 0.6 is 11.6 Å². The molecule has 2 nitrogen and oxygen atoms in total. The van der Waals surface area contributed by atoms with Crippen LogP contribution in [0.25, 0.3) is 0 Å². The molecule has 0 aromatic heterocycles. The lowest BCUT2D eigenvalue weighted by Gasteiger charge is -2.29. The number of aliphatic hydroxyl groups is 1. The second-order valence-corrected chi connectivity index (χ2v) is 5.95. The molecule has 0 saturated carbocycles. The van der Waals surface area contributed by atoms with Crippen molar-refractivity contribution in [3.63, 3.8) is 0 Å². The molecule has 0 heterocycles. The van der Waals surface area contributed by atoms with E-state index in [2.05, 4.69) is 30.9 Å². The lowest BCUT2D eigenvalue weighted by molar-refractivity contribution is 0.0908. The summed E-state index contributed by atoms with van der Waals surface area (Å²) >= 11 is 6.16. The summed E-state index contributed by atoms with van der Waals surface area (Å²) in [4.78, 5) is 2.25. The number of rotatable bonds is 6. The first kappa shape index (κ1) is 16.0. The molecule has 0 aliphatic heterocycles. The van der Waals surface area contributed by atoms with Crippen LogP contribution < -0.4 is 0 Å². The van der Waals surface area contributed by atoms with Crippen molar-refractivity contribution in [1.29, 1.82) is 0 Å². The van der Waals surface area contributed by atoms with Crippen LogP contribution in [0, 0.1) is 0 Å². The van der Waals surface area contributed by atoms with Crippen LogP contribution in [0.3, 0.4) is 0 Å². The molecule has 1 atom stereocenters. The normalized spacial score (nSPS) is 12.9. The van der Waals surface area contributed by atoms with Crippen LogP contribution in [0.1, 0.15) is 31.1 Å². The smallest absolute Gasteiger partial charge is 0.0931 e. The second-order valence-electron chi connectivity index (χ2n) is 5.55. The topological polar surface area (TPSA) is 23.5 Å². The molecule has 2 rings (SSSR count). The van der Waals surface area contributed by atoms with E-state index in [0.29, 0.717) is 17.6 Å². The molecule has 0 aliphatic rings. The zero-order valence-corrected chi connectivity index (χ0v) is 13.3. The third-order valence-corrected chi connectivity index (χ3v) is 3.97. The number of nitrogens with zero attached hydrogens (tertiary/aromatic N) is 1. The number of benzene rings is 2. The third kappa shape index (κ3) is 4.57. The van der Waals surface area contributed by atoms with E-state index in [1.807, 2.05) is 42.5 Å². The summed E-state index contributed by atoms with van der Waals surface area (Å²) < 4.78 is 0. The van der Waals surface area contributed by atoms with Crippen LogP contribution in [0.4, 0.5) is 0 Å². The molecule has 0 bridgehead atoms. The van der Waals surface area contributed by atoms with E-state index in [1.165, 1.54) is 5.56 Å². The summed E-state index contributed by atoms with van der Waals surface area (Å²) in [5, 5.41) is 11.1. The van der Waals surface area contributed by atoms with E-state index < -0.39 is 6.10 Å². The van der Waals surface area contributed by atoms with Gasteiger partial charge in [-0.1, -0.05) is 60.1 Å². The Morgan fingerprint density at radius 3 is 2.24 bits per heavy atom. The number of hydrogen-bond acceptors (Lipinski definition) is 2. The van der Waals surface area contributed by atoms with Crippen LogP contribution in [-0.4, -0.2) is 22.6 Å². The Morgan fingerprint density at radius 1 is 1.00 bits per heavy atom. The minimum Gasteiger partial charge on any atom is -0.387 e. The second kappa shape index (κ2) is 7.60. The molecular weight excluding hydrogens is 282 g/mol. The minimum absolute atomic E-state index is 0.349. The third-order valence-electron chi connectivity index (χ3n) is 3.63. The summed E-state index contributed by atoms with van der Waals surface area (Å²) in [7, 11) is 0. The number of aliphatic hydroxyl groups excluding tert-OH is 1. The van der Waals surface area contributed by atoms with Gasteiger partial charge in [-0.05, 0) is 25.5 Å². The van der Waals surface area contributed by atoms with E-state index in [4.69, 9.17) is 11.6 Å². The first-order valence-electron chi connectivity index (χ1n) is 7.28. The first-order valence-corrected chi connectivity index (χ1v) is 7.66. The SMILES string of the molecule is CC(C)N(Cc1ccccc1)C[C@H](O)c1ccccc1Cl. The molecule has 21 heavy (non-hydrogen) atoms. The highest BCUT2D eigenvalue weighted by molar-refractivity contribution is 6.31. The van der Waals surface area contributed by atoms with Gasteiger partial charge in [0.25, 0.3) is 0 Å². The maximum atomic E-state index is 10.5. The van der Waals surface area contributed by atoms with Crippen molar-refractivity contribution in [3.05, 3.63) is 70.7 Å². The van der Waals surface area contributed by atoms with Gasteiger partial charge in [0.05, 0.1) is 6.10 Å². The maximum Gasteiger partial charge on any atom is 0.0931 e. The lowest BCUT2D eigenvalue weighted by atomic mass is 10.1. The van der Waals surface area contributed by atoms with Crippen LogP contribution in [0.2, 0.25) is 5.02 Å². The molecule has 2 aromatic rings. The number of hydrogen-bond donors (Lipinski definition) is 1. The largest absolute Gasteiger partial charge is 0.387 e. The molecule has 0 aliphatic carbocycles. The van der Waals surface area contributed by atoms with Gasteiger partial charge >= 0.3 is 0 Å². The van der Waals surface area contributed by atoms with Crippen molar-refractivity contribution >= 4 is 11.6 Å². The Hall–Kier alpha value is -1.35. The summed E-state index contributed by atoms with van der Waals surface area (Å²) in [5.41, 5.74) is 2.04. The average molecular weight is 304 g/mol. The summed E-state index contributed by atoms with van der Waals surface area (Å²) in [6, 6.07) is 18.1. The molecule has 0 saturated heterocycles. The highest BCUT2D eigenvalue weighted by Crippen LogP contribution is 2.24. The van der Waals surface area contributed by atoms with Gasteiger partial charge in [0.15, 0.2) is 0 Å². The molecule has 1 N–H and O–H groups in total. The van der Waals surface area contributed by atoms with Gasteiger partial charge in [0.2, 0.25) is 0 Å². The van der Waals surface area contributed by atoms with Gasteiger partial charge < -0.3 is 5.11 Å². The molecule has 0 fully saturated rings. The fourth-order valence-corrected chi connectivity index (χ4v) is 2.60. The summed E-state index contributed by atoms with van der Waals surface area (Å²) in [6.07, 6.45) is -0.579. The van der Waals surface area contributed by atoms with Gasteiger partial charge in [0.1, 0.15) is 0 Å². The fraction of sp³-hybridized carbons (Fsp3) is 0.333. The molecule has 0 amide bonds. The highest BCUT2D eigenvalue weighted by atomic mass is 35.5. The Morgan fingerprint density at radius 2 is 1.62 bits per heavy atom. The van der Waals surface area contributed by atoms with Crippen molar-refractivity contribution in [2.24, 2.45) is 0 Å². The average Bonchev–Trinajstić information content (AvgIpc) is 2.48. The van der Waals surface area contributed by atoms with E-state index in [1.54, 1.807) is 0 Å². The zero-order chi connectivity index (χ0) is 15.2. The van der Waals surface area contributed by atoms with Crippen molar-refractivity contribution < 1.29 is 5.11 Å². The Balaban J connectivity index is 2.08.